The van der Waals surface area contributed by atoms with E-state index < -0.39 is 6.09 Å². The molecule has 4 rings (SSSR count). The van der Waals surface area contributed by atoms with Gasteiger partial charge in [0.25, 0.3) is 5.91 Å². The molecule has 2 aromatic heterocycles. The zero-order valence-corrected chi connectivity index (χ0v) is 16.5. The van der Waals surface area contributed by atoms with Crippen LogP contribution in [0.2, 0.25) is 5.02 Å². The molecule has 4 aromatic rings. The first-order valence-electron chi connectivity index (χ1n) is 8.91. The topological polar surface area (TPSA) is 99.8 Å². The van der Waals surface area contributed by atoms with E-state index in [1.165, 1.54) is 4.90 Å². The molecule has 0 radical (unpaired) electrons. The molecule has 9 heteroatoms. The normalized spacial score (nSPS) is 10.7. The van der Waals surface area contributed by atoms with Gasteiger partial charge >= 0.3 is 6.09 Å². The van der Waals surface area contributed by atoms with E-state index in [2.05, 4.69) is 15.3 Å². The number of halogens is 1. The summed E-state index contributed by atoms with van der Waals surface area (Å²) in [5, 5.41) is 11.7. The molecule has 0 bridgehead atoms. The molecule has 0 aliphatic heterocycles. The van der Waals surface area contributed by atoms with Crippen molar-refractivity contribution in [1.82, 2.24) is 14.4 Å². The molecule has 0 unspecified atom stereocenters. The molecule has 2 heterocycles. The summed E-state index contributed by atoms with van der Waals surface area (Å²) in [6.07, 6.45) is 2.17. The number of nitrogens with one attached hydrogen (secondary N) is 1. The maximum Gasteiger partial charge on any atom is 0.409 e. The van der Waals surface area contributed by atoms with Crippen LogP contribution in [0.3, 0.4) is 0 Å². The first-order chi connectivity index (χ1) is 14.4. The van der Waals surface area contributed by atoms with E-state index in [-0.39, 0.29) is 5.91 Å². The third kappa shape index (κ3) is 3.68. The zero-order chi connectivity index (χ0) is 21.3. The number of carbonyl (C=O) groups excluding carboxylic acids is 1. The summed E-state index contributed by atoms with van der Waals surface area (Å²) in [6, 6.07) is 15.3. The average molecular weight is 422 g/mol. The Morgan fingerprint density at radius 2 is 1.80 bits per heavy atom. The van der Waals surface area contributed by atoms with Crippen LogP contribution < -0.4 is 10.2 Å². The molecular formula is C21H16ClN5O3. The smallest absolute Gasteiger partial charge is 0.409 e. The Hall–Kier alpha value is -3.91. The van der Waals surface area contributed by atoms with Gasteiger partial charge in [-0.05, 0) is 42.5 Å². The van der Waals surface area contributed by atoms with Gasteiger partial charge < -0.3 is 10.0 Å². The third-order valence-electron chi connectivity index (χ3n) is 4.53. The standard InChI is InChI=1S/C21H16ClN5O3/c1-26(16-9-5-14(22)6-10-16)19(28)18-17(25-20-23-11-2-12-27(18)20)13-3-7-15(8-4-13)24-21(29)30/h2-12,24H,1H3,(H,29,30). The van der Waals surface area contributed by atoms with E-state index in [9.17, 15) is 9.59 Å². The summed E-state index contributed by atoms with van der Waals surface area (Å²) in [5.74, 6) is 0.105. The van der Waals surface area contributed by atoms with E-state index in [1.54, 1.807) is 78.4 Å². The lowest BCUT2D eigenvalue weighted by Gasteiger charge is -2.18. The minimum absolute atomic E-state index is 0.277. The molecule has 0 atom stereocenters. The molecule has 150 valence electrons. The average Bonchev–Trinajstić information content (AvgIpc) is 3.13. The van der Waals surface area contributed by atoms with Crippen LogP contribution in [0.4, 0.5) is 16.2 Å². The molecule has 8 nitrogen and oxygen atoms in total. The largest absolute Gasteiger partial charge is 0.465 e. The number of benzene rings is 2. The second-order valence-electron chi connectivity index (χ2n) is 6.45. The number of aromatic nitrogens is 3. The summed E-state index contributed by atoms with van der Waals surface area (Å²) in [5.41, 5.74) is 2.54. The van der Waals surface area contributed by atoms with Crippen LogP contribution in [0.5, 0.6) is 0 Å². The SMILES string of the molecule is CN(C(=O)c1c(-c2ccc(NC(=O)O)cc2)nc2ncccn12)c1ccc(Cl)cc1. The van der Waals surface area contributed by atoms with Crippen molar-refractivity contribution >= 4 is 40.8 Å². The van der Waals surface area contributed by atoms with E-state index in [4.69, 9.17) is 16.7 Å². The van der Waals surface area contributed by atoms with Gasteiger partial charge in [-0.1, -0.05) is 23.7 Å². The monoisotopic (exact) mass is 421 g/mol. The Labute approximate surface area is 176 Å². The Morgan fingerprint density at radius 1 is 1.10 bits per heavy atom. The van der Waals surface area contributed by atoms with E-state index in [1.807, 2.05) is 0 Å². The number of nitrogens with zero attached hydrogens (tertiary/aromatic N) is 4. The molecular weight excluding hydrogens is 406 g/mol. The first kappa shape index (κ1) is 19.4. The molecule has 0 aliphatic carbocycles. The highest BCUT2D eigenvalue weighted by Crippen LogP contribution is 2.28. The van der Waals surface area contributed by atoms with Gasteiger partial charge in [0.05, 0.1) is 0 Å². The number of hydrogen-bond donors (Lipinski definition) is 2. The van der Waals surface area contributed by atoms with E-state index in [0.29, 0.717) is 39.1 Å². The van der Waals surface area contributed by atoms with Crippen LogP contribution in [0.1, 0.15) is 10.5 Å². The minimum atomic E-state index is -1.15. The number of carbonyl (C=O) groups is 2. The highest BCUT2D eigenvalue weighted by atomic mass is 35.5. The quantitative estimate of drug-likeness (QED) is 0.508. The van der Waals surface area contributed by atoms with Gasteiger partial charge in [0, 0.05) is 41.4 Å². The second kappa shape index (κ2) is 7.84. The Balaban J connectivity index is 1.79. The van der Waals surface area contributed by atoms with E-state index >= 15 is 0 Å². The fraction of sp³-hybridized carbons (Fsp3) is 0.0476. The van der Waals surface area contributed by atoms with Crippen LogP contribution in [0, 0.1) is 0 Å². The summed E-state index contributed by atoms with van der Waals surface area (Å²) in [4.78, 5) is 34.5. The highest BCUT2D eigenvalue weighted by Gasteiger charge is 2.24. The van der Waals surface area contributed by atoms with Crippen molar-refractivity contribution in [1.29, 1.82) is 0 Å². The Morgan fingerprint density at radius 3 is 2.47 bits per heavy atom. The van der Waals surface area contributed by atoms with Gasteiger partial charge in [-0.25, -0.2) is 14.8 Å². The van der Waals surface area contributed by atoms with Gasteiger partial charge in [0.1, 0.15) is 11.4 Å². The van der Waals surface area contributed by atoms with Crippen LogP contribution in [0.15, 0.2) is 67.0 Å². The molecule has 0 spiro atoms. The molecule has 0 aliphatic rings. The molecule has 2 amide bonds. The lowest BCUT2D eigenvalue weighted by atomic mass is 10.1. The zero-order valence-electron chi connectivity index (χ0n) is 15.8. The Kier molecular flexibility index (Phi) is 5.07. The maximum atomic E-state index is 13.4. The van der Waals surface area contributed by atoms with Gasteiger partial charge in [0.2, 0.25) is 5.78 Å². The van der Waals surface area contributed by atoms with Crippen molar-refractivity contribution in [2.75, 3.05) is 17.3 Å². The molecule has 0 fully saturated rings. The van der Waals surface area contributed by atoms with Crippen LogP contribution in [-0.4, -0.2) is 38.5 Å². The van der Waals surface area contributed by atoms with Crippen molar-refractivity contribution in [2.45, 2.75) is 0 Å². The number of imidazole rings is 1. The number of fused-ring (bicyclic) bond motifs is 1. The third-order valence-corrected chi connectivity index (χ3v) is 4.79. The molecule has 2 N–H and O–H groups in total. The van der Waals surface area contributed by atoms with E-state index in [0.717, 1.165) is 0 Å². The summed E-state index contributed by atoms with van der Waals surface area (Å²) in [7, 11) is 1.67. The van der Waals surface area contributed by atoms with Crippen molar-refractivity contribution in [3.63, 3.8) is 0 Å². The maximum absolute atomic E-state index is 13.4. The van der Waals surface area contributed by atoms with Crippen LogP contribution in [0.25, 0.3) is 17.0 Å². The van der Waals surface area contributed by atoms with Gasteiger partial charge in [0.15, 0.2) is 0 Å². The molecule has 0 saturated heterocycles. The van der Waals surface area contributed by atoms with Crippen molar-refractivity contribution in [2.24, 2.45) is 0 Å². The fourth-order valence-electron chi connectivity index (χ4n) is 3.07. The van der Waals surface area contributed by atoms with Crippen LogP contribution in [-0.2, 0) is 0 Å². The second-order valence-corrected chi connectivity index (χ2v) is 6.88. The van der Waals surface area contributed by atoms with Crippen LogP contribution >= 0.6 is 11.6 Å². The van der Waals surface area contributed by atoms with Gasteiger partial charge in [-0.3, -0.25) is 14.5 Å². The minimum Gasteiger partial charge on any atom is -0.465 e. The van der Waals surface area contributed by atoms with Gasteiger partial charge in [-0.2, -0.15) is 0 Å². The molecule has 2 aromatic carbocycles. The summed E-state index contributed by atoms with van der Waals surface area (Å²) in [6.45, 7) is 0. The first-order valence-corrected chi connectivity index (χ1v) is 9.29. The number of rotatable bonds is 4. The predicted molar refractivity (Wildman–Crippen MR) is 114 cm³/mol. The van der Waals surface area contributed by atoms with Gasteiger partial charge in [-0.15, -0.1) is 0 Å². The lowest BCUT2D eigenvalue weighted by Crippen LogP contribution is -2.28. The summed E-state index contributed by atoms with van der Waals surface area (Å²) >= 11 is 5.96. The molecule has 0 saturated carbocycles. The van der Waals surface area contributed by atoms with Crippen molar-refractivity contribution in [3.05, 3.63) is 77.7 Å². The number of carboxylic acid groups (broad SMARTS) is 1. The van der Waals surface area contributed by atoms with Crippen molar-refractivity contribution < 1.29 is 14.7 Å². The fourth-order valence-corrected chi connectivity index (χ4v) is 3.19. The number of amides is 2. The predicted octanol–water partition coefficient (Wildman–Crippen LogP) is 4.42. The van der Waals surface area contributed by atoms with Crippen molar-refractivity contribution in [3.8, 4) is 11.3 Å². The number of hydrogen-bond acceptors (Lipinski definition) is 4. The Bertz CT molecular complexity index is 1240. The number of anilines is 2. The highest BCUT2D eigenvalue weighted by molar-refractivity contribution is 6.30. The lowest BCUT2D eigenvalue weighted by molar-refractivity contribution is 0.0988. The summed E-state index contributed by atoms with van der Waals surface area (Å²) < 4.78 is 1.63. The molecule has 30 heavy (non-hydrogen) atoms.